The topological polar surface area (TPSA) is 105 Å². The summed E-state index contributed by atoms with van der Waals surface area (Å²) in [5.74, 6) is -1.52. The van der Waals surface area contributed by atoms with Gasteiger partial charge in [0.25, 0.3) is 5.91 Å². The molecule has 0 aliphatic heterocycles. The lowest BCUT2D eigenvalue weighted by Crippen LogP contribution is -2.40. The average molecular weight is 638 g/mol. The summed E-state index contributed by atoms with van der Waals surface area (Å²) >= 11 is 6.24. The van der Waals surface area contributed by atoms with E-state index in [4.69, 9.17) is 11.6 Å². The van der Waals surface area contributed by atoms with E-state index in [9.17, 15) is 35.9 Å². The third kappa shape index (κ3) is 6.49. The zero-order valence-corrected chi connectivity index (χ0v) is 23.4. The molecule has 0 unspecified atom stereocenters. The molecule has 5 rings (SSSR count). The number of alkyl halides is 6. The molecule has 230 valence electrons. The lowest BCUT2D eigenvalue weighted by molar-refractivity contribution is -0.274. The van der Waals surface area contributed by atoms with Crippen molar-refractivity contribution in [2.24, 2.45) is 5.41 Å². The van der Waals surface area contributed by atoms with Crippen molar-refractivity contribution in [3.63, 3.8) is 0 Å². The Morgan fingerprint density at radius 3 is 2.27 bits per heavy atom. The minimum absolute atomic E-state index is 0.0240. The van der Waals surface area contributed by atoms with E-state index < -0.39 is 35.5 Å². The molecule has 0 radical (unpaired) electrons. The number of carbonyl (C=O) groups is 2. The summed E-state index contributed by atoms with van der Waals surface area (Å²) in [4.78, 5) is 34.3. The maximum absolute atomic E-state index is 13.2. The first kappa shape index (κ1) is 30.9. The van der Waals surface area contributed by atoms with Gasteiger partial charge < -0.3 is 20.7 Å². The lowest BCUT2D eigenvalue weighted by atomic mass is 10.1. The number of hydrogen-bond acceptors (Lipinski definition) is 6. The molecule has 1 aliphatic carbocycles. The van der Waals surface area contributed by atoms with E-state index in [2.05, 4.69) is 30.7 Å². The quantitative estimate of drug-likeness (QED) is 0.178. The van der Waals surface area contributed by atoms with Crippen LogP contribution in [0.5, 0.6) is 5.75 Å². The third-order valence-electron chi connectivity index (χ3n) is 6.99. The summed E-state index contributed by atoms with van der Waals surface area (Å²) in [6.45, 7) is -0.236. The molecule has 1 aromatic heterocycles. The van der Waals surface area contributed by atoms with Gasteiger partial charge in [-0.15, -0.1) is 13.2 Å². The van der Waals surface area contributed by atoms with E-state index in [1.807, 2.05) is 0 Å². The number of hydrogen-bond donors (Lipinski definition) is 3. The Kier molecular flexibility index (Phi) is 8.05. The van der Waals surface area contributed by atoms with Crippen LogP contribution in [0.3, 0.4) is 0 Å². The van der Waals surface area contributed by atoms with Gasteiger partial charge >= 0.3 is 12.5 Å². The average Bonchev–Trinajstić information content (AvgIpc) is 3.78. The van der Waals surface area contributed by atoms with Gasteiger partial charge in [-0.2, -0.15) is 13.2 Å². The van der Waals surface area contributed by atoms with Crippen LogP contribution in [0.15, 0.2) is 60.7 Å². The van der Waals surface area contributed by atoms with E-state index in [-0.39, 0.29) is 35.8 Å². The zero-order valence-electron chi connectivity index (χ0n) is 22.7. The molecule has 8 nitrogen and oxygen atoms in total. The molecule has 0 bridgehead atoms. The highest BCUT2D eigenvalue weighted by atomic mass is 35.5. The second-order valence-corrected chi connectivity index (χ2v) is 10.4. The number of nitrogens with one attached hydrogen (secondary N) is 3. The van der Waals surface area contributed by atoms with Gasteiger partial charge in [0.05, 0.1) is 16.1 Å². The van der Waals surface area contributed by atoms with Crippen molar-refractivity contribution >= 4 is 45.8 Å². The number of anilines is 2. The second kappa shape index (κ2) is 11.5. The fourth-order valence-electron chi connectivity index (χ4n) is 4.50. The number of nitrogens with zero attached hydrogens (tertiary/aromatic N) is 2. The van der Waals surface area contributed by atoms with Gasteiger partial charge in [-0.1, -0.05) is 17.7 Å². The fourth-order valence-corrected chi connectivity index (χ4v) is 4.71. The number of rotatable bonds is 8. The molecule has 3 aromatic carbocycles. The fraction of sp³-hybridized carbons (Fsp3) is 0.241. The Morgan fingerprint density at radius 2 is 1.66 bits per heavy atom. The van der Waals surface area contributed by atoms with Crippen LogP contribution in [0.1, 0.15) is 28.8 Å². The summed E-state index contributed by atoms with van der Waals surface area (Å²) in [5, 5.41) is 8.61. The van der Waals surface area contributed by atoms with E-state index in [1.54, 1.807) is 25.2 Å². The molecule has 0 spiro atoms. The summed E-state index contributed by atoms with van der Waals surface area (Å²) in [6.07, 6.45) is -10.0. The smallest absolute Gasteiger partial charge is 0.406 e. The number of carbonyl (C=O) groups excluding carboxylic acids is 2. The lowest BCUT2D eigenvalue weighted by Gasteiger charge is -2.18. The number of halogens is 7. The summed E-state index contributed by atoms with van der Waals surface area (Å²) < 4.78 is 81.1. The number of benzene rings is 3. The Bertz CT molecular complexity index is 1740. The van der Waals surface area contributed by atoms with Crippen molar-refractivity contribution in [3.05, 3.63) is 76.8 Å². The molecular formula is C29H22ClF6N5O3. The molecule has 3 N–H and O–H groups in total. The maximum atomic E-state index is 13.2. The van der Waals surface area contributed by atoms with Crippen molar-refractivity contribution in [3.8, 4) is 17.1 Å². The highest BCUT2D eigenvalue weighted by Gasteiger charge is 2.68. The minimum atomic E-state index is -4.83. The Hall–Kier alpha value is -4.59. The molecule has 1 saturated carbocycles. The van der Waals surface area contributed by atoms with E-state index in [1.165, 1.54) is 30.3 Å². The molecule has 0 saturated heterocycles. The van der Waals surface area contributed by atoms with Gasteiger partial charge in [-0.05, 0) is 73.0 Å². The third-order valence-corrected chi connectivity index (χ3v) is 7.32. The first-order valence-electron chi connectivity index (χ1n) is 13.0. The van der Waals surface area contributed by atoms with E-state index >= 15 is 0 Å². The number of ether oxygens (including phenoxy) is 1. The van der Waals surface area contributed by atoms with Crippen LogP contribution in [0.2, 0.25) is 5.02 Å². The van der Waals surface area contributed by atoms with Gasteiger partial charge in [0.1, 0.15) is 17.0 Å². The summed E-state index contributed by atoms with van der Waals surface area (Å²) in [5.41, 5.74) is -0.848. The first-order chi connectivity index (χ1) is 20.7. The van der Waals surface area contributed by atoms with Gasteiger partial charge in [-0.3, -0.25) is 9.59 Å². The van der Waals surface area contributed by atoms with Crippen LogP contribution >= 0.6 is 11.6 Å². The largest absolute Gasteiger partial charge is 0.573 e. The number of aromatic nitrogens is 2. The molecule has 0 atom stereocenters. The van der Waals surface area contributed by atoms with Gasteiger partial charge in [0, 0.05) is 30.2 Å². The van der Waals surface area contributed by atoms with Crippen LogP contribution in [-0.4, -0.2) is 41.4 Å². The van der Waals surface area contributed by atoms with Crippen molar-refractivity contribution in [1.82, 2.24) is 15.3 Å². The van der Waals surface area contributed by atoms with Gasteiger partial charge in [0.2, 0.25) is 5.91 Å². The monoisotopic (exact) mass is 637 g/mol. The van der Waals surface area contributed by atoms with E-state index in [0.29, 0.717) is 33.5 Å². The molecule has 1 heterocycles. The number of fused-ring (bicyclic) bond motifs is 1. The first-order valence-corrected chi connectivity index (χ1v) is 13.4. The van der Waals surface area contributed by atoms with Crippen molar-refractivity contribution in [1.29, 1.82) is 0 Å². The summed E-state index contributed by atoms with van der Waals surface area (Å²) in [7, 11) is 1.63. The SMILES string of the molecule is CNc1nc(-c2ccc(OC(F)(F)F)cc2)nc2cc(NC(=O)c3cc(CNC(=O)C4(C(F)(F)F)CC4)ccc3Cl)ccc12. The maximum Gasteiger partial charge on any atom is 0.573 e. The van der Waals surface area contributed by atoms with Crippen LogP contribution in [0.25, 0.3) is 22.3 Å². The van der Waals surface area contributed by atoms with E-state index in [0.717, 1.165) is 12.1 Å². The van der Waals surface area contributed by atoms with Crippen molar-refractivity contribution in [2.45, 2.75) is 31.9 Å². The van der Waals surface area contributed by atoms with Crippen LogP contribution in [0, 0.1) is 5.41 Å². The minimum Gasteiger partial charge on any atom is -0.406 e. The zero-order chi connectivity index (χ0) is 31.9. The second-order valence-electron chi connectivity index (χ2n) is 9.98. The van der Waals surface area contributed by atoms with Crippen molar-refractivity contribution < 1.29 is 40.7 Å². The molecule has 15 heteroatoms. The predicted octanol–water partition coefficient (Wildman–Crippen LogP) is 7.10. The molecule has 1 aliphatic rings. The predicted molar refractivity (Wildman–Crippen MR) is 150 cm³/mol. The van der Waals surface area contributed by atoms with Gasteiger partial charge in [0.15, 0.2) is 5.82 Å². The Balaban J connectivity index is 1.34. The molecular weight excluding hydrogens is 616 g/mol. The molecule has 2 amide bonds. The molecule has 1 fully saturated rings. The normalized spacial score (nSPS) is 14.2. The summed E-state index contributed by atoms with van der Waals surface area (Å²) in [6, 6.07) is 14.1. The van der Waals surface area contributed by atoms with Crippen molar-refractivity contribution in [2.75, 3.05) is 17.7 Å². The van der Waals surface area contributed by atoms with Crippen LogP contribution < -0.4 is 20.7 Å². The highest BCUT2D eigenvalue weighted by molar-refractivity contribution is 6.34. The highest BCUT2D eigenvalue weighted by Crippen LogP contribution is 2.57. The van der Waals surface area contributed by atoms with Crippen LogP contribution in [-0.2, 0) is 11.3 Å². The number of amides is 2. The standard InChI is InChI=1S/C29H22ClF6N5O3/c1-37-24-19-8-5-17(13-22(19)40-23(41-24)16-3-6-18(7-4-16)44-29(34,35)36)39-25(42)20-12-15(2-9-21(20)30)14-38-26(43)27(10-11-27)28(31,32)33/h2-9,12-13H,10-11,14H2,1H3,(H,38,43)(H,39,42)(H,37,40,41). The van der Waals surface area contributed by atoms with Gasteiger partial charge in [-0.25, -0.2) is 9.97 Å². The molecule has 44 heavy (non-hydrogen) atoms. The molecule has 4 aromatic rings. The Labute approximate surface area is 250 Å². The Morgan fingerprint density at radius 1 is 0.955 bits per heavy atom. The van der Waals surface area contributed by atoms with Crippen LogP contribution in [0.4, 0.5) is 37.8 Å².